The maximum atomic E-state index is 11.0. The SMILES string of the molecule is Cc1nn(C)c(NCC2CCCCN2)c1[N+](=O)[O-]. The Hall–Kier alpha value is -1.63. The largest absolute Gasteiger partial charge is 0.363 e. The zero-order valence-corrected chi connectivity index (χ0v) is 10.8. The first-order chi connectivity index (χ1) is 8.59. The zero-order chi connectivity index (χ0) is 13.1. The lowest BCUT2D eigenvalue weighted by Crippen LogP contribution is -2.39. The molecule has 7 nitrogen and oxygen atoms in total. The normalized spacial score (nSPS) is 19.8. The molecule has 1 saturated heterocycles. The predicted molar refractivity (Wildman–Crippen MR) is 68.7 cm³/mol. The van der Waals surface area contributed by atoms with Gasteiger partial charge in [0.05, 0.1) is 4.92 Å². The van der Waals surface area contributed by atoms with Crippen LogP contribution in [-0.4, -0.2) is 33.8 Å². The van der Waals surface area contributed by atoms with E-state index in [-0.39, 0.29) is 10.6 Å². The molecule has 1 fully saturated rings. The maximum absolute atomic E-state index is 11.0. The summed E-state index contributed by atoms with van der Waals surface area (Å²) in [5.41, 5.74) is 0.523. The standard InChI is InChI=1S/C11H19N5O2/c1-8-10(16(17)18)11(15(2)14-8)13-7-9-5-3-4-6-12-9/h9,12-13H,3-7H2,1-2H3. The molecule has 1 unspecified atom stereocenters. The fourth-order valence-corrected chi connectivity index (χ4v) is 2.38. The molecular weight excluding hydrogens is 234 g/mol. The second-order valence-corrected chi connectivity index (χ2v) is 4.69. The highest BCUT2D eigenvalue weighted by atomic mass is 16.6. The summed E-state index contributed by atoms with van der Waals surface area (Å²) in [6.07, 6.45) is 3.53. The number of hydrogen-bond donors (Lipinski definition) is 2. The van der Waals surface area contributed by atoms with Crippen molar-refractivity contribution in [3.05, 3.63) is 15.8 Å². The lowest BCUT2D eigenvalue weighted by atomic mass is 10.1. The van der Waals surface area contributed by atoms with Crippen LogP contribution in [0.3, 0.4) is 0 Å². The van der Waals surface area contributed by atoms with Crippen molar-refractivity contribution in [2.24, 2.45) is 7.05 Å². The Morgan fingerprint density at radius 1 is 1.61 bits per heavy atom. The monoisotopic (exact) mass is 253 g/mol. The van der Waals surface area contributed by atoms with E-state index in [1.165, 1.54) is 17.5 Å². The smallest absolute Gasteiger partial charge is 0.333 e. The molecule has 1 aliphatic rings. The Morgan fingerprint density at radius 2 is 2.39 bits per heavy atom. The Kier molecular flexibility index (Phi) is 3.81. The van der Waals surface area contributed by atoms with Gasteiger partial charge in [-0.2, -0.15) is 5.10 Å². The van der Waals surface area contributed by atoms with Crippen LogP contribution in [0.1, 0.15) is 25.0 Å². The minimum Gasteiger partial charge on any atom is -0.363 e. The third-order valence-corrected chi connectivity index (χ3v) is 3.30. The summed E-state index contributed by atoms with van der Waals surface area (Å²) in [5.74, 6) is 0.491. The van der Waals surface area contributed by atoms with E-state index in [4.69, 9.17) is 0 Å². The van der Waals surface area contributed by atoms with E-state index in [9.17, 15) is 10.1 Å². The van der Waals surface area contributed by atoms with Crippen molar-refractivity contribution in [1.82, 2.24) is 15.1 Å². The summed E-state index contributed by atoms with van der Waals surface area (Å²) in [6, 6.07) is 0.383. The second-order valence-electron chi connectivity index (χ2n) is 4.69. The van der Waals surface area contributed by atoms with Crippen LogP contribution in [0.25, 0.3) is 0 Å². The first-order valence-electron chi connectivity index (χ1n) is 6.25. The second kappa shape index (κ2) is 5.34. The van der Waals surface area contributed by atoms with Gasteiger partial charge < -0.3 is 10.6 Å². The number of aryl methyl sites for hydroxylation is 2. The number of nitrogens with one attached hydrogen (secondary N) is 2. The van der Waals surface area contributed by atoms with E-state index in [2.05, 4.69) is 15.7 Å². The molecule has 0 amide bonds. The van der Waals surface area contributed by atoms with Gasteiger partial charge in [-0.25, -0.2) is 4.68 Å². The Bertz CT molecular complexity index is 437. The highest BCUT2D eigenvalue weighted by molar-refractivity contribution is 5.59. The van der Waals surface area contributed by atoms with Crippen LogP contribution >= 0.6 is 0 Å². The average Bonchev–Trinajstić information content (AvgIpc) is 2.62. The fourth-order valence-electron chi connectivity index (χ4n) is 2.38. The van der Waals surface area contributed by atoms with Gasteiger partial charge in [0.1, 0.15) is 5.69 Å². The van der Waals surface area contributed by atoms with Gasteiger partial charge in [0.2, 0.25) is 5.82 Å². The van der Waals surface area contributed by atoms with Crippen molar-refractivity contribution in [3.63, 3.8) is 0 Å². The van der Waals surface area contributed by atoms with Gasteiger partial charge in [0.25, 0.3) is 0 Å². The van der Waals surface area contributed by atoms with Crippen molar-refractivity contribution in [1.29, 1.82) is 0 Å². The summed E-state index contributed by atoms with van der Waals surface area (Å²) >= 11 is 0. The van der Waals surface area contributed by atoms with Gasteiger partial charge in [-0.1, -0.05) is 6.42 Å². The maximum Gasteiger partial charge on any atom is 0.333 e. The third-order valence-electron chi connectivity index (χ3n) is 3.30. The molecule has 0 aromatic carbocycles. The van der Waals surface area contributed by atoms with Gasteiger partial charge in [-0.3, -0.25) is 10.1 Å². The highest BCUT2D eigenvalue weighted by Gasteiger charge is 2.24. The summed E-state index contributed by atoms with van der Waals surface area (Å²) < 4.78 is 1.54. The van der Waals surface area contributed by atoms with Crippen LogP contribution in [0.4, 0.5) is 11.5 Å². The average molecular weight is 253 g/mol. The molecule has 2 N–H and O–H groups in total. The number of piperidine rings is 1. The Morgan fingerprint density at radius 3 is 3.00 bits per heavy atom. The van der Waals surface area contributed by atoms with Crippen molar-refractivity contribution in [3.8, 4) is 0 Å². The molecule has 7 heteroatoms. The van der Waals surface area contributed by atoms with Crippen LogP contribution in [0.15, 0.2) is 0 Å². The van der Waals surface area contributed by atoms with Crippen molar-refractivity contribution in [2.45, 2.75) is 32.2 Å². The molecule has 100 valence electrons. The third kappa shape index (κ3) is 2.61. The number of nitro groups is 1. The van der Waals surface area contributed by atoms with E-state index in [1.807, 2.05) is 0 Å². The van der Waals surface area contributed by atoms with E-state index >= 15 is 0 Å². The molecule has 2 rings (SSSR count). The first kappa shape index (κ1) is 12.8. The number of rotatable bonds is 4. The van der Waals surface area contributed by atoms with Gasteiger partial charge in [-0.05, 0) is 26.3 Å². The van der Waals surface area contributed by atoms with E-state index < -0.39 is 0 Å². The van der Waals surface area contributed by atoms with Crippen molar-refractivity contribution >= 4 is 11.5 Å². The molecule has 1 aromatic heterocycles. The van der Waals surface area contributed by atoms with Gasteiger partial charge >= 0.3 is 5.69 Å². The first-order valence-corrected chi connectivity index (χ1v) is 6.25. The molecule has 1 aliphatic heterocycles. The Labute approximate surface area is 106 Å². The molecule has 2 heterocycles. The van der Waals surface area contributed by atoms with Crippen LogP contribution in [0, 0.1) is 17.0 Å². The molecule has 0 spiro atoms. The van der Waals surface area contributed by atoms with Crippen LogP contribution in [0.2, 0.25) is 0 Å². The zero-order valence-electron chi connectivity index (χ0n) is 10.8. The Balaban J connectivity index is 2.06. The number of hydrogen-bond acceptors (Lipinski definition) is 5. The quantitative estimate of drug-likeness (QED) is 0.622. The van der Waals surface area contributed by atoms with E-state index in [0.717, 1.165) is 13.0 Å². The molecular formula is C11H19N5O2. The van der Waals surface area contributed by atoms with Crippen LogP contribution < -0.4 is 10.6 Å². The summed E-state index contributed by atoms with van der Waals surface area (Å²) in [5, 5.41) is 21.6. The minimum atomic E-state index is -0.376. The van der Waals surface area contributed by atoms with Gasteiger partial charge in [-0.15, -0.1) is 0 Å². The molecule has 1 aromatic rings. The fraction of sp³-hybridized carbons (Fsp3) is 0.727. The molecule has 0 aliphatic carbocycles. The van der Waals surface area contributed by atoms with Gasteiger partial charge in [0, 0.05) is 19.6 Å². The minimum absolute atomic E-state index is 0.0771. The lowest BCUT2D eigenvalue weighted by Gasteiger charge is -2.23. The lowest BCUT2D eigenvalue weighted by molar-refractivity contribution is -0.384. The van der Waals surface area contributed by atoms with Crippen LogP contribution in [0.5, 0.6) is 0 Å². The number of nitrogens with zero attached hydrogens (tertiary/aromatic N) is 3. The molecule has 0 radical (unpaired) electrons. The summed E-state index contributed by atoms with van der Waals surface area (Å²) in [4.78, 5) is 10.6. The molecule has 18 heavy (non-hydrogen) atoms. The number of aromatic nitrogens is 2. The van der Waals surface area contributed by atoms with Gasteiger partial charge in [0.15, 0.2) is 0 Å². The molecule has 0 bridgehead atoms. The molecule has 0 saturated carbocycles. The molecule has 1 atom stereocenters. The van der Waals surface area contributed by atoms with E-state index in [1.54, 1.807) is 14.0 Å². The topological polar surface area (TPSA) is 85.0 Å². The summed E-state index contributed by atoms with van der Waals surface area (Å²) in [6.45, 7) is 3.38. The van der Waals surface area contributed by atoms with Crippen LogP contribution in [-0.2, 0) is 7.05 Å². The predicted octanol–water partition coefficient (Wildman–Crippen LogP) is 1.19. The highest BCUT2D eigenvalue weighted by Crippen LogP contribution is 2.27. The van der Waals surface area contributed by atoms with Crippen molar-refractivity contribution < 1.29 is 4.92 Å². The van der Waals surface area contributed by atoms with E-state index in [0.29, 0.717) is 24.1 Å². The number of anilines is 1. The summed E-state index contributed by atoms with van der Waals surface area (Å²) in [7, 11) is 1.72. The van der Waals surface area contributed by atoms with Crippen molar-refractivity contribution in [2.75, 3.05) is 18.4 Å².